The molecular weight excluding hydrogens is 216 g/mol. The van der Waals surface area contributed by atoms with E-state index in [2.05, 4.69) is 31.1 Å². The second-order valence-electron chi connectivity index (χ2n) is 4.79. The number of ether oxygens (including phenoxy) is 1. The van der Waals surface area contributed by atoms with Gasteiger partial charge in [-0.25, -0.2) is 0 Å². The zero-order chi connectivity index (χ0) is 13.3. The van der Waals surface area contributed by atoms with Crippen molar-refractivity contribution in [3.63, 3.8) is 0 Å². The third-order valence-electron chi connectivity index (χ3n) is 2.45. The average Bonchev–Trinajstić information content (AvgIpc) is 2.22. The molecule has 2 N–H and O–H groups in total. The number of amides is 1. The predicted molar refractivity (Wildman–Crippen MR) is 70.9 cm³/mol. The van der Waals surface area contributed by atoms with Crippen molar-refractivity contribution in [1.82, 2.24) is 10.6 Å². The highest BCUT2D eigenvalue weighted by molar-refractivity contribution is 5.78. The van der Waals surface area contributed by atoms with Gasteiger partial charge in [0.05, 0.1) is 19.8 Å². The lowest BCUT2D eigenvalue weighted by molar-refractivity contribution is -0.121. The normalized spacial score (nSPS) is 12.5. The maximum Gasteiger partial charge on any atom is 0.234 e. The van der Waals surface area contributed by atoms with Crippen LogP contribution in [0.25, 0.3) is 0 Å². The Hall–Kier alpha value is -0.870. The van der Waals surface area contributed by atoms with E-state index in [1.807, 2.05) is 13.8 Å². The van der Waals surface area contributed by atoms with Gasteiger partial charge in [-0.1, -0.05) is 26.0 Å². The first-order chi connectivity index (χ1) is 7.93. The summed E-state index contributed by atoms with van der Waals surface area (Å²) in [5.41, 5.74) is 1.01. The number of carbonyl (C=O) groups is 1. The molecule has 17 heavy (non-hydrogen) atoms. The number of hydrogen-bond donors (Lipinski definition) is 2. The van der Waals surface area contributed by atoms with Crippen LogP contribution in [0.5, 0.6) is 0 Å². The third kappa shape index (κ3) is 10.0. The van der Waals surface area contributed by atoms with Crippen LogP contribution < -0.4 is 10.6 Å². The molecule has 1 atom stereocenters. The van der Waals surface area contributed by atoms with Gasteiger partial charge < -0.3 is 15.4 Å². The Morgan fingerprint density at radius 2 is 2.00 bits per heavy atom. The first-order valence-electron chi connectivity index (χ1n) is 6.15. The van der Waals surface area contributed by atoms with Crippen molar-refractivity contribution in [2.24, 2.45) is 5.92 Å². The molecule has 0 aliphatic heterocycles. The van der Waals surface area contributed by atoms with Crippen molar-refractivity contribution in [1.29, 1.82) is 0 Å². The Balaban J connectivity index is 3.42. The molecule has 0 aromatic heterocycles. The summed E-state index contributed by atoms with van der Waals surface area (Å²) in [5.74, 6) is 0.490. The minimum Gasteiger partial charge on any atom is -0.376 e. The van der Waals surface area contributed by atoms with E-state index in [0.29, 0.717) is 32.2 Å². The van der Waals surface area contributed by atoms with Crippen molar-refractivity contribution < 1.29 is 9.53 Å². The van der Waals surface area contributed by atoms with Crippen LogP contribution in [0.2, 0.25) is 0 Å². The van der Waals surface area contributed by atoms with E-state index in [0.717, 1.165) is 5.57 Å². The second kappa shape index (κ2) is 9.19. The van der Waals surface area contributed by atoms with Crippen LogP contribution in [-0.2, 0) is 9.53 Å². The molecule has 4 nitrogen and oxygen atoms in total. The van der Waals surface area contributed by atoms with Crippen molar-refractivity contribution in [2.75, 3.05) is 26.3 Å². The summed E-state index contributed by atoms with van der Waals surface area (Å²) in [6, 6.07) is 0.212. The van der Waals surface area contributed by atoms with E-state index in [4.69, 9.17) is 4.74 Å². The Morgan fingerprint density at radius 1 is 1.35 bits per heavy atom. The smallest absolute Gasteiger partial charge is 0.234 e. The fourth-order valence-corrected chi connectivity index (χ4v) is 1.06. The predicted octanol–water partition coefficient (Wildman–Crippen LogP) is 1.33. The number of rotatable bonds is 9. The first-order valence-corrected chi connectivity index (χ1v) is 6.15. The van der Waals surface area contributed by atoms with Crippen molar-refractivity contribution >= 4 is 5.91 Å². The fraction of sp³-hybridized carbons (Fsp3) is 0.769. The summed E-state index contributed by atoms with van der Waals surface area (Å²) in [4.78, 5) is 11.5. The molecule has 0 heterocycles. The van der Waals surface area contributed by atoms with Gasteiger partial charge in [0, 0.05) is 12.6 Å². The monoisotopic (exact) mass is 242 g/mol. The van der Waals surface area contributed by atoms with Gasteiger partial charge in [0.25, 0.3) is 0 Å². The van der Waals surface area contributed by atoms with Crippen LogP contribution in [0.4, 0.5) is 0 Å². The van der Waals surface area contributed by atoms with Crippen molar-refractivity contribution in [3.05, 3.63) is 12.2 Å². The quantitative estimate of drug-likeness (QED) is 0.474. The summed E-state index contributed by atoms with van der Waals surface area (Å²) in [6.07, 6.45) is 0. The highest BCUT2D eigenvalue weighted by Gasteiger charge is 2.09. The zero-order valence-electron chi connectivity index (χ0n) is 11.5. The molecule has 1 amide bonds. The van der Waals surface area contributed by atoms with E-state index >= 15 is 0 Å². The summed E-state index contributed by atoms with van der Waals surface area (Å²) in [6.45, 7) is 14.0. The number of hydrogen-bond acceptors (Lipinski definition) is 3. The van der Waals surface area contributed by atoms with E-state index in [9.17, 15) is 4.79 Å². The van der Waals surface area contributed by atoms with Crippen LogP contribution in [0.3, 0.4) is 0 Å². The zero-order valence-corrected chi connectivity index (χ0v) is 11.5. The molecule has 0 rings (SSSR count). The minimum absolute atomic E-state index is 0.0334. The lowest BCUT2D eigenvalue weighted by Gasteiger charge is -2.17. The van der Waals surface area contributed by atoms with Crippen LogP contribution >= 0.6 is 0 Å². The summed E-state index contributed by atoms with van der Waals surface area (Å²) < 4.78 is 5.30. The topological polar surface area (TPSA) is 50.4 Å². The number of nitrogens with one attached hydrogen (secondary N) is 2. The maximum absolute atomic E-state index is 11.5. The second-order valence-corrected chi connectivity index (χ2v) is 4.79. The van der Waals surface area contributed by atoms with Gasteiger partial charge in [-0.15, -0.1) is 0 Å². The lowest BCUT2D eigenvalue weighted by atomic mass is 10.1. The molecule has 0 spiro atoms. The van der Waals surface area contributed by atoms with Gasteiger partial charge in [0.2, 0.25) is 5.91 Å². The molecule has 0 aromatic rings. The van der Waals surface area contributed by atoms with E-state index in [1.165, 1.54) is 0 Å². The van der Waals surface area contributed by atoms with E-state index in [-0.39, 0.29) is 11.9 Å². The highest BCUT2D eigenvalue weighted by atomic mass is 16.5. The van der Waals surface area contributed by atoms with Crippen LogP contribution in [0.1, 0.15) is 27.7 Å². The van der Waals surface area contributed by atoms with Crippen molar-refractivity contribution in [3.8, 4) is 0 Å². The molecule has 0 saturated carbocycles. The standard InChI is InChI=1S/C13H26N2O2/c1-10(2)9-17-7-6-14-8-13(16)15-12(5)11(3)4/h11-12,14H,1,6-9H2,2-5H3,(H,15,16). The fourth-order valence-electron chi connectivity index (χ4n) is 1.06. The Bertz CT molecular complexity index is 240. The van der Waals surface area contributed by atoms with Crippen LogP contribution in [0, 0.1) is 5.92 Å². The highest BCUT2D eigenvalue weighted by Crippen LogP contribution is 1.98. The third-order valence-corrected chi connectivity index (χ3v) is 2.45. The minimum atomic E-state index is 0.0334. The lowest BCUT2D eigenvalue weighted by Crippen LogP contribution is -2.41. The number of carbonyl (C=O) groups excluding carboxylic acids is 1. The molecule has 0 bridgehead atoms. The van der Waals surface area contributed by atoms with Gasteiger partial charge in [0.15, 0.2) is 0 Å². The Morgan fingerprint density at radius 3 is 2.53 bits per heavy atom. The Labute approximate surface area is 105 Å². The molecule has 100 valence electrons. The van der Waals surface area contributed by atoms with Crippen LogP contribution in [-0.4, -0.2) is 38.3 Å². The van der Waals surface area contributed by atoms with Gasteiger partial charge >= 0.3 is 0 Å². The van der Waals surface area contributed by atoms with Crippen LogP contribution in [0.15, 0.2) is 12.2 Å². The molecular formula is C13H26N2O2. The Kier molecular flexibility index (Phi) is 8.72. The van der Waals surface area contributed by atoms with Gasteiger partial charge in [0.1, 0.15) is 0 Å². The van der Waals surface area contributed by atoms with E-state index < -0.39 is 0 Å². The maximum atomic E-state index is 11.5. The summed E-state index contributed by atoms with van der Waals surface area (Å²) >= 11 is 0. The molecule has 0 saturated heterocycles. The molecule has 1 unspecified atom stereocenters. The molecule has 0 aliphatic carbocycles. The van der Waals surface area contributed by atoms with Gasteiger partial charge in [-0.3, -0.25) is 4.79 Å². The largest absolute Gasteiger partial charge is 0.376 e. The molecule has 0 aromatic carbocycles. The molecule has 0 fully saturated rings. The van der Waals surface area contributed by atoms with Crippen molar-refractivity contribution in [2.45, 2.75) is 33.7 Å². The summed E-state index contributed by atoms with van der Waals surface area (Å²) in [5, 5.41) is 5.97. The SMILES string of the molecule is C=C(C)COCCNCC(=O)NC(C)C(C)C. The van der Waals surface area contributed by atoms with E-state index in [1.54, 1.807) is 0 Å². The first kappa shape index (κ1) is 16.1. The summed E-state index contributed by atoms with van der Waals surface area (Å²) in [7, 11) is 0. The van der Waals surface area contributed by atoms with Gasteiger partial charge in [-0.05, 0) is 19.8 Å². The average molecular weight is 242 g/mol. The molecule has 0 radical (unpaired) electrons. The molecule has 0 aliphatic rings. The molecule has 4 heteroatoms. The van der Waals surface area contributed by atoms with Gasteiger partial charge in [-0.2, -0.15) is 0 Å².